The third kappa shape index (κ3) is 5.11. The zero-order chi connectivity index (χ0) is 19.3. The number of nitrogens with one attached hydrogen (secondary N) is 1. The van der Waals surface area contributed by atoms with Gasteiger partial charge in [-0.15, -0.1) is 0 Å². The van der Waals surface area contributed by atoms with Gasteiger partial charge in [-0.25, -0.2) is 8.42 Å². The minimum Gasteiger partial charge on any atom is -0.495 e. The summed E-state index contributed by atoms with van der Waals surface area (Å²) in [4.78, 5) is 12.0. The zero-order valence-corrected chi connectivity index (χ0v) is 16.5. The summed E-state index contributed by atoms with van der Waals surface area (Å²) in [7, 11) is -1.26. The van der Waals surface area contributed by atoms with Gasteiger partial charge in [0.05, 0.1) is 13.7 Å². The second-order valence-electron chi connectivity index (χ2n) is 5.46. The van der Waals surface area contributed by atoms with Crippen LogP contribution < -0.4 is 10.1 Å². The van der Waals surface area contributed by atoms with Gasteiger partial charge in [-0.05, 0) is 35.9 Å². The number of carbonyl (C=O) groups is 1. The number of rotatable bonds is 7. The highest BCUT2D eigenvalue weighted by atomic mass is 35.5. The quantitative estimate of drug-likeness (QED) is 0.752. The first-order valence-electron chi connectivity index (χ1n) is 7.55. The fourth-order valence-corrected chi connectivity index (χ4v) is 3.83. The molecule has 2 aromatic rings. The van der Waals surface area contributed by atoms with Crippen LogP contribution in [0.4, 0.5) is 0 Å². The average molecular weight is 417 g/mol. The highest BCUT2D eigenvalue weighted by Gasteiger charge is 2.26. The molecule has 0 aliphatic carbocycles. The number of amides is 1. The molecule has 140 valence electrons. The fraction of sp³-hybridized carbons (Fsp3) is 0.235. The minimum absolute atomic E-state index is 0.0968. The largest absolute Gasteiger partial charge is 0.495 e. The van der Waals surface area contributed by atoms with Crippen molar-refractivity contribution < 1.29 is 17.9 Å². The van der Waals surface area contributed by atoms with E-state index in [4.69, 9.17) is 27.9 Å². The van der Waals surface area contributed by atoms with E-state index in [1.165, 1.54) is 32.4 Å². The number of carbonyl (C=O) groups excluding carboxylic acids is 1. The van der Waals surface area contributed by atoms with Crippen molar-refractivity contribution in [2.45, 2.75) is 11.4 Å². The standard InChI is InChI=1S/C17H18Cl2N2O4S/c1-21(11-17(22)20-10-12-3-5-13(18)6-4-12)26(23,24)16-9-14(19)7-8-15(16)25-2/h3-9H,10-11H2,1-2H3,(H,20,22). The highest BCUT2D eigenvalue weighted by Crippen LogP contribution is 2.29. The van der Waals surface area contributed by atoms with Gasteiger partial charge in [0, 0.05) is 23.6 Å². The van der Waals surface area contributed by atoms with Gasteiger partial charge in [-0.1, -0.05) is 35.3 Å². The lowest BCUT2D eigenvalue weighted by Gasteiger charge is -2.18. The summed E-state index contributed by atoms with van der Waals surface area (Å²) in [6, 6.07) is 11.3. The minimum atomic E-state index is -3.94. The first kappa shape index (κ1) is 20.5. The normalized spacial score (nSPS) is 11.4. The Morgan fingerprint density at radius 3 is 2.35 bits per heavy atom. The number of methoxy groups -OCH3 is 1. The first-order valence-corrected chi connectivity index (χ1v) is 9.74. The van der Waals surface area contributed by atoms with E-state index in [2.05, 4.69) is 5.32 Å². The molecule has 0 heterocycles. The molecule has 0 aliphatic heterocycles. The summed E-state index contributed by atoms with van der Waals surface area (Å²) >= 11 is 11.7. The second kappa shape index (κ2) is 8.73. The molecule has 0 aromatic heterocycles. The Bertz CT molecular complexity index is 886. The van der Waals surface area contributed by atoms with E-state index in [1.54, 1.807) is 24.3 Å². The van der Waals surface area contributed by atoms with E-state index in [0.717, 1.165) is 9.87 Å². The zero-order valence-electron chi connectivity index (χ0n) is 14.2. The number of likely N-dealkylation sites (N-methyl/N-ethyl adjacent to an activating group) is 1. The van der Waals surface area contributed by atoms with Gasteiger partial charge in [-0.3, -0.25) is 4.79 Å². The Morgan fingerprint density at radius 2 is 1.73 bits per heavy atom. The summed E-state index contributed by atoms with van der Waals surface area (Å²) < 4.78 is 31.4. The Hall–Kier alpha value is -1.80. The lowest BCUT2D eigenvalue weighted by molar-refractivity contribution is -0.121. The number of benzene rings is 2. The number of hydrogen-bond acceptors (Lipinski definition) is 4. The van der Waals surface area contributed by atoms with Crippen molar-refractivity contribution in [3.63, 3.8) is 0 Å². The van der Waals surface area contributed by atoms with E-state index >= 15 is 0 Å². The Kier molecular flexibility index (Phi) is 6.88. The van der Waals surface area contributed by atoms with E-state index in [-0.39, 0.29) is 28.8 Å². The molecule has 1 amide bonds. The molecule has 0 aliphatic rings. The monoisotopic (exact) mass is 416 g/mol. The number of nitrogens with zero attached hydrogens (tertiary/aromatic N) is 1. The molecule has 0 saturated carbocycles. The van der Waals surface area contributed by atoms with E-state index < -0.39 is 15.9 Å². The van der Waals surface area contributed by atoms with Crippen molar-refractivity contribution in [3.8, 4) is 5.75 Å². The molecule has 0 unspecified atom stereocenters. The molecule has 0 radical (unpaired) electrons. The van der Waals surface area contributed by atoms with Crippen molar-refractivity contribution in [1.82, 2.24) is 9.62 Å². The Balaban J connectivity index is 2.05. The molecule has 1 N–H and O–H groups in total. The van der Waals surface area contributed by atoms with Crippen molar-refractivity contribution in [3.05, 3.63) is 58.1 Å². The van der Waals surface area contributed by atoms with Crippen LogP contribution in [0, 0.1) is 0 Å². The number of ether oxygens (including phenoxy) is 1. The molecule has 26 heavy (non-hydrogen) atoms. The van der Waals surface area contributed by atoms with Gasteiger partial charge in [0.2, 0.25) is 15.9 Å². The van der Waals surface area contributed by atoms with Crippen LogP contribution in [0.1, 0.15) is 5.56 Å². The van der Waals surface area contributed by atoms with Crippen LogP contribution >= 0.6 is 23.2 Å². The van der Waals surface area contributed by atoms with Crippen LogP contribution in [0.5, 0.6) is 5.75 Å². The van der Waals surface area contributed by atoms with Crippen LogP contribution in [0.15, 0.2) is 47.4 Å². The van der Waals surface area contributed by atoms with Gasteiger partial charge in [0.25, 0.3) is 0 Å². The molecule has 2 rings (SSSR count). The number of sulfonamides is 1. The predicted molar refractivity (Wildman–Crippen MR) is 101 cm³/mol. The molecular weight excluding hydrogens is 399 g/mol. The van der Waals surface area contributed by atoms with Crippen molar-refractivity contribution in [2.75, 3.05) is 20.7 Å². The second-order valence-corrected chi connectivity index (χ2v) is 8.35. The van der Waals surface area contributed by atoms with Crippen LogP contribution in [0.2, 0.25) is 10.0 Å². The molecule has 0 fully saturated rings. The maximum atomic E-state index is 12.7. The molecule has 0 atom stereocenters. The van der Waals surface area contributed by atoms with Crippen LogP contribution in [-0.4, -0.2) is 39.3 Å². The molecule has 6 nitrogen and oxygen atoms in total. The number of halogens is 2. The lowest BCUT2D eigenvalue weighted by atomic mass is 10.2. The fourth-order valence-electron chi connectivity index (χ4n) is 2.17. The third-order valence-electron chi connectivity index (χ3n) is 3.58. The smallest absolute Gasteiger partial charge is 0.247 e. The van der Waals surface area contributed by atoms with Gasteiger partial charge < -0.3 is 10.1 Å². The third-order valence-corrected chi connectivity index (χ3v) is 5.89. The Labute approximate surface area is 162 Å². The van der Waals surface area contributed by atoms with E-state index in [1.807, 2.05) is 0 Å². The van der Waals surface area contributed by atoms with Crippen LogP contribution in [0.25, 0.3) is 0 Å². The van der Waals surface area contributed by atoms with Gasteiger partial charge in [-0.2, -0.15) is 4.31 Å². The molecule has 0 saturated heterocycles. The summed E-state index contributed by atoms with van der Waals surface area (Å²) in [5.41, 5.74) is 0.852. The summed E-state index contributed by atoms with van der Waals surface area (Å²) in [5, 5.41) is 3.52. The van der Waals surface area contributed by atoms with Crippen molar-refractivity contribution in [2.24, 2.45) is 0 Å². The molecule has 9 heteroatoms. The topological polar surface area (TPSA) is 75.7 Å². The molecular formula is C17H18Cl2N2O4S. The van der Waals surface area contributed by atoms with Crippen LogP contribution in [-0.2, 0) is 21.4 Å². The number of hydrogen-bond donors (Lipinski definition) is 1. The predicted octanol–water partition coefficient (Wildman–Crippen LogP) is 2.94. The summed E-state index contributed by atoms with van der Waals surface area (Å²) in [6.45, 7) is -0.0734. The van der Waals surface area contributed by atoms with Crippen LogP contribution in [0.3, 0.4) is 0 Å². The van der Waals surface area contributed by atoms with Gasteiger partial charge >= 0.3 is 0 Å². The molecule has 0 spiro atoms. The van der Waals surface area contributed by atoms with Gasteiger partial charge in [0.1, 0.15) is 10.6 Å². The summed E-state index contributed by atoms with van der Waals surface area (Å²) in [5.74, 6) is -0.283. The first-order chi connectivity index (χ1) is 12.2. The summed E-state index contributed by atoms with van der Waals surface area (Å²) in [6.07, 6.45) is 0. The highest BCUT2D eigenvalue weighted by molar-refractivity contribution is 7.89. The molecule has 0 bridgehead atoms. The SMILES string of the molecule is COc1ccc(Cl)cc1S(=O)(=O)N(C)CC(=O)NCc1ccc(Cl)cc1. The molecule has 2 aromatic carbocycles. The Morgan fingerprint density at radius 1 is 1.12 bits per heavy atom. The average Bonchev–Trinajstić information content (AvgIpc) is 2.61. The maximum absolute atomic E-state index is 12.7. The van der Waals surface area contributed by atoms with Crippen molar-refractivity contribution in [1.29, 1.82) is 0 Å². The van der Waals surface area contributed by atoms with Gasteiger partial charge in [0.15, 0.2) is 0 Å². The van der Waals surface area contributed by atoms with Crippen molar-refractivity contribution >= 4 is 39.1 Å². The maximum Gasteiger partial charge on any atom is 0.247 e. The lowest BCUT2D eigenvalue weighted by Crippen LogP contribution is -2.38. The van der Waals surface area contributed by atoms with E-state index in [0.29, 0.717) is 5.02 Å². The van der Waals surface area contributed by atoms with E-state index in [9.17, 15) is 13.2 Å².